The SMILES string of the molecule is CCC=C(OC=CCCC)C1CO1. The minimum absolute atomic E-state index is 0.228. The van der Waals surface area contributed by atoms with E-state index in [1.165, 1.54) is 0 Å². The van der Waals surface area contributed by atoms with Crippen molar-refractivity contribution in [1.29, 1.82) is 0 Å². The number of unbranched alkanes of at least 4 members (excludes halogenated alkanes) is 1. The van der Waals surface area contributed by atoms with Crippen molar-refractivity contribution in [3.63, 3.8) is 0 Å². The lowest BCUT2D eigenvalue weighted by Gasteiger charge is -2.01. The third kappa shape index (κ3) is 4.13. The molecule has 1 heterocycles. The highest BCUT2D eigenvalue weighted by Crippen LogP contribution is 2.21. The molecule has 0 N–H and O–H groups in total. The summed E-state index contributed by atoms with van der Waals surface area (Å²) < 4.78 is 10.6. The molecule has 0 aromatic heterocycles. The maximum atomic E-state index is 5.46. The fourth-order valence-corrected chi connectivity index (χ4v) is 1.03. The smallest absolute Gasteiger partial charge is 0.138 e. The van der Waals surface area contributed by atoms with Crippen molar-refractivity contribution in [2.75, 3.05) is 6.61 Å². The van der Waals surface area contributed by atoms with E-state index >= 15 is 0 Å². The van der Waals surface area contributed by atoms with Gasteiger partial charge in [0, 0.05) is 0 Å². The molecule has 2 nitrogen and oxygen atoms in total. The molecule has 74 valence electrons. The molecule has 1 unspecified atom stereocenters. The Labute approximate surface area is 80.2 Å². The van der Waals surface area contributed by atoms with E-state index in [0.29, 0.717) is 0 Å². The Bertz CT molecular complexity index is 190. The van der Waals surface area contributed by atoms with E-state index in [2.05, 4.69) is 19.9 Å². The molecule has 1 aliphatic heterocycles. The largest absolute Gasteiger partial charge is 0.467 e. The summed E-state index contributed by atoms with van der Waals surface area (Å²) in [6.07, 6.45) is 9.35. The van der Waals surface area contributed by atoms with Gasteiger partial charge in [-0.05, 0) is 25.0 Å². The van der Waals surface area contributed by atoms with Crippen LogP contribution in [-0.4, -0.2) is 12.7 Å². The summed E-state index contributed by atoms with van der Waals surface area (Å²) >= 11 is 0. The Morgan fingerprint density at radius 2 is 2.31 bits per heavy atom. The molecular formula is C11H18O2. The van der Waals surface area contributed by atoms with Crippen molar-refractivity contribution in [1.82, 2.24) is 0 Å². The van der Waals surface area contributed by atoms with Crippen LogP contribution >= 0.6 is 0 Å². The van der Waals surface area contributed by atoms with Gasteiger partial charge in [-0.25, -0.2) is 0 Å². The second-order valence-electron chi connectivity index (χ2n) is 3.12. The average Bonchev–Trinajstić information content (AvgIpc) is 2.93. The zero-order chi connectivity index (χ0) is 9.52. The summed E-state index contributed by atoms with van der Waals surface area (Å²) in [6, 6.07) is 0. The maximum Gasteiger partial charge on any atom is 0.138 e. The highest BCUT2D eigenvalue weighted by molar-refractivity contribution is 5.07. The van der Waals surface area contributed by atoms with Gasteiger partial charge in [0.05, 0.1) is 12.9 Å². The zero-order valence-corrected chi connectivity index (χ0v) is 8.45. The third-order valence-electron chi connectivity index (χ3n) is 1.81. The van der Waals surface area contributed by atoms with Crippen LogP contribution in [0.5, 0.6) is 0 Å². The Hall–Kier alpha value is -0.760. The summed E-state index contributed by atoms with van der Waals surface area (Å²) in [7, 11) is 0. The van der Waals surface area contributed by atoms with E-state index in [1.807, 2.05) is 6.08 Å². The maximum absolute atomic E-state index is 5.46. The van der Waals surface area contributed by atoms with E-state index in [9.17, 15) is 0 Å². The number of allylic oxidation sites excluding steroid dienone is 2. The minimum Gasteiger partial charge on any atom is -0.467 e. The third-order valence-corrected chi connectivity index (χ3v) is 1.81. The van der Waals surface area contributed by atoms with Crippen molar-refractivity contribution in [2.24, 2.45) is 0 Å². The fourth-order valence-electron chi connectivity index (χ4n) is 1.03. The summed E-state index contributed by atoms with van der Waals surface area (Å²) in [5.74, 6) is 0.967. The van der Waals surface area contributed by atoms with Crippen LogP contribution in [0.15, 0.2) is 24.2 Å². The van der Waals surface area contributed by atoms with Gasteiger partial charge in [-0.3, -0.25) is 0 Å². The lowest BCUT2D eigenvalue weighted by atomic mass is 10.3. The molecule has 2 heteroatoms. The quantitative estimate of drug-likeness (QED) is 0.465. The van der Waals surface area contributed by atoms with E-state index in [1.54, 1.807) is 6.26 Å². The number of rotatable bonds is 6. The minimum atomic E-state index is 0.228. The summed E-state index contributed by atoms with van der Waals surface area (Å²) in [6.45, 7) is 5.06. The van der Waals surface area contributed by atoms with Gasteiger partial charge in [-0.2, -0.15) is 0 Å². The van der Waals surface area contributed by atoms with Gasteiger partial charge in [0.15, 0.2) is 0 Å². The molecule has 1 saturated heterocycles. The van der Waals surface area contributed by atoms with Crippen LogP contribution in [0, 0.1) is 0 Å². The lowest BCUT2D eigenvalue weighted by molar-refractivity contribution is 0.290. The predicted molar refractivity (Wildman–Crippen MR) is 53.2 cm³/mol. The second-order valence-corrected chi connectivity index (χ2v) is 3.12. The molecule has 0 radical (unpaired) electrons. The standard InChI is InChI=1S/C11H18O2/c1-3-5-6-8-12-10(7-4-2)11-9-13-11/h6-8,11H,3-5,9H2,1-2H3. The van der Waals surface area contributed by atoms with Crippen molar-refractivity contribution in [2.45, 2.75) is 39.2 Å². The number of ether oxygens (including phenoxy) is 2. The van der Waals surface area contributed by atoms with Gasteiger partial charge in [-0.15, -0.1) is 0 Å². The van der Waals surface area contributed by atoms with Crippen LogP contribution < -0.4 is 0 Å². The fraction of sp³-hybridized carbons (Fsp3) is 0.636. The number of hydrogen-bond donors (Lipinski definition) is 0. The first-order chi connectivity index (χ1) is 6.38. The van der Waals surface area contributed by atoms with E-state index < -0.39 is 0 Å². The molecule has 13 heavy (non-hydrogen) atoms. The molecule has 0 aliphatic carbocycles. The van der Waals surface area contributed by atoms with Crippen molar-refractivity contribution >= 4 is 0 Å². The lowest BCUT2D eigenvalue weighted by Crippen LogP contribution is -1.94. The molecule has 0 bridgehead atoms. The first-order valence-electron chi connectivity index (χ1n) is 5.01. The molecule has 1 atom stereocenters. The molecule has 0 saturated carbocycles. The van der Waals surface area contributed by atoms with Crippen LogP contribution in [0.2, 0.25) is 0 Å². The highest BCUT2D eigenvalue weighted by atomic mass is 16.6. The van der Waals surface area contributed by atoms with Gasteiger partial charge < -0.3 is 9.47 Å². The number of epoxide rings is 1. The van der Waals surface area contributed by atoms with E-state index in [4.69, 9.17) is 9.47 Å². The Balaban J connectivity index is 2.26. The van der Waals surface area contributed by atoms with Crippen molar-refractivity contribution in [3.05, 3.63) is 24.2 Å². The van der Waals surface area contributed by atoms with Gasteiger partial charge in [0.2, 0.25) is 0 Å². The second kappa shape index (κ2) is 5.81. The van der Waals surface area contributed by atoms with Crippen molar-refractivity contribution in [3.8, 4) is 0 Å². The van der Waals surface area contributed by atoms with Crippen LogP contribution in [-0.2, 0) is 9.47 Å². The van der Waals surface area contributed by atoms with Crippen LogP contribution in [0.3, 0.4) is 0 Å². The van der Waals surface area contributed by atoms with Crippen molar-refractivity contribution < 1.29 is 9.47 Å². The Morgan fingerprint density at radius 3 is 2.85 bits per heavy atom. The Kier molecular flexibility index (Phi) is 4.61. The molecule has 0 aromatic carbocycles. The molecule has 0 aromatic rings. The molecule has 1 aliphatic rings. The molecule has 0 spiro atoms. The summed E-state index contributed by atoms with van der Waals surface area (Å²) in [5, 5.41) is 0. The normalized spacial score (nSPS) is 22.3. The van der Waals surface area contributed by atoms with Gasteiger partial charge in [0.1, 0.15) is 11.9 Å². The molecule has 1 rings (SSSR count). The van der Waals surface area contributed by atoms with E-state index in [0.717, 1.165) is 31.6 Å². The first kappa shape index (κ1) is 10.3. The predicted octanol–water partition coefficient (Wildman–Crippen LogP) is 3.01. The summed E-state index contributed by atoms with van der Waals surface area (Å²) in [5.41, 5.74) is 0. The number of hydrogen-bond acceptors (Lipinski definition) is 2. The Morgan fingerprint density at radius 1 is 1.54 bits per heavy atom. The summed E-state index contributed by atoms with van der Waals surface area (Å²) in [4.78, 5) is 0. The first-order valence-corrected chi connectivity index (χ1v) is 5.01. The van der Waals surface area contributed by atoms with Gasteiger partial charge in [0.25, 0.3) is 0 Å². The average molecular weight is 182 g/mol. The van der Waals surface area contributed by atoms with Crippen LogP contribution in [0.4, 0.5) is 0 Å². The molecule has 1 fully saturated rings. The van der Waals surface area contributed by atoms with Crippen LogP contribution in [0.25, 0.3) is 0 Å². The highest BCUT2D eigenvalue weighted by Gasteiger charge is 2.28. The molecular weight excluding hydrogens is 164 g/mol. The van der Waals surface area contributed by atoms with Crippen LogP contribution in [0.1, 0.15) is 33.1 Å². The monoisotopic (exact) mass is 182 g/mol. The topological polar surface area (TPSA) is 21.8 Å². The van der Waals surface area contributed by atoms with Gasteiger partial charge >= 0.3 is 0 Å². The zero-order valence-electron chi connectivity index (χ0n) is 8.45. The molecule has 0 amide bonds. The van der Waals surface area contributed by atoms with E-state index in [-0.39, 0.29) is 6.10 Å². The van der Waals surface area contributed by atoms with Gasteiger partial charge in [-0.1, -0.05) is 20.3 Å².